The lowest BCUT2D eigenvalue weighted by Gasteiger charge is -2.10. The number of halogens is 2. The minimum Gasteiger partial charge on any atom is -0.256 e. The second-order valence-electron chi connectivity index (χ2n) is 3.49. The van der Waals surface area contributed by atoms with E-state index in [9.17, 15) is 5.26 Å². The first kappa shape index (κ1) is 11.9. The molecule has 0 aliphatic rings. The largest absolute Gasteiger partial charge is 0.256 e. The van der Waals surface area contributed by atoms with E-state index in [1.807, 2.05) is 30.3 Å². The van der Waals surface area contributed by atoms with Crippen molar-refractivity contribution >= 4 is 23.2 Å². The van der Waals surface area contributed by atoms with Gasteiger partial charge >= 0.3 is 0 Å². The number of nitriles is 1. The van der Waals surface area contributed by atoms with Crippen LogP contribution in [0.3, 0.4) is 0 Å². The van der Waals surface area contributed by atoms with E-state index in [4.69, 9.17) is 23.2 Å². The van der Waals surface area contributed by atoms with E-state index in [1.54, 1.807) is 6.07 Å². The van der Waals surface area contributed by atoms with Crippen LogP contribution in [0.4, 0.5) is 0 Å². The van der Waals surface area contributed by atoms with Gasteiger partial charge in [0.15, 0.2) is 0 Å². The summed E-state index contributed by atoms with van der Waals surface area (Å²) < 4.78 is 0. The minimum absolute atomic E-state index is 0.410. The molecule has 0 radical (unpaired) electrons. The van der Waals surface area contributed by atoms with E-state index in [1.165, 1.54) is 6.20 Å². The van der Waals surface area contributed by atoms with Crippen molar-refractivity contribution in [2.75, 3.05) is 0 Å². The highest BCUT2D eigenvalue weighted by Gasteiger charge is 2.17. The molecule has 1 aromatic heterocycles. The van der Waals surface area contributed by atoms with Gasteiger partial charge in [0, 0.05) is 6.20 Å². The van der Waals surface area contributed by atoms with Crippen LogP contribution in [0.15, 0.2) is 42.6 Å². The summed E-state index contributed by atoms with van der Waals surface area (Å²) in [5.41, 5.74) is 1.40. The average molecular weight is 263 g/mol. The molecule has 0 N–H and O–H groups in total. The van der Waals surface area contributed by atoms with Gasteiger partial charge < -0.3 is 0 Å². The van der Waals surface area contributed by atoms with Crippen molar-refractivity contribution in [3.63, 3.8) is 0 Å². The Morgan fingerprint density at radius 3 is 2.47 bits per heavy atom. The number of hydrogen-bond donors (Lipinski definition) is 0. The summed E-state index contributed by atoms with van der Waals surface area (Å²) in [5, 5.41) is 10.1. The molecule has 0 unspecified atom stereocenters. The first-order valence-corrected chi connectivity index (χ1v) is 5.73. The zero-order valence-corrected chi connectivity index (χ0v) is 10.3. The van der Waals surface area contributed by atoms with Crippen LogP contribution in [-0.2, 0) is 0 Å². The van der Waals surface area contributed by atoms with Crippen LogP contribution in [-0.4, -0.2) is 4.98 Å². The molecule has 4 heteroatoms. The molecular weight excluding hydrogens is 255 g/mol. The van der Waals surface area contributed by atoms with Gasteiger partial charge in [-0.25, -0.2) is 0 Å². The third kappa shape index (κ3) is 2.58. The van der Waals surface area contributed by atoms with Gasteiger partial charge in [-0.2, -0.15) is 5.26 Å². The average Bonchev–Trinajstić information content (AvgIpc) is 2.34. The van der Waals surface area contributed by atoms with Crippen molar-refractivity contribution < 1.29 is 0 Å². The van der Waals surface area contributed by atoms with Crippen molar-refractivity contribution in [1.29, 1.82) is 5.26 Å². The van der Waals surface area contributed by atoms with Gasteiger partial charge in [-0.1, -0.05) is 53.5 Å². The first-order chi connectivity index (χ1) is 8.22. The van der Waals surface area contributed by atoms with Crippen LogP contribution >= 0.6 is 23.2 Å². The lowest BCUT2D eigenvalue weighted by Crippen LogP contribution is -2.01. The molecule has 84 valence electrons. The highest BCUT2D eigenvalue weighted by atomic mass is 35.5. The summed E-state index contributed by atoms with van der Waals surface area (Å²) in [6.45, 7) is 0. The molecule has 0 saturated carbocycles. The lowest BCUT2D eigenvalue weighted by molar-refractivity contribution is 0.966. The maximum Gasteiger partial charge on any atom is 0.115 e. The molecule has 2 rings (SSSR count). The molecule has 0 aliphatic heterocycles. The van der Waals surface area contributed by atoms with E-state index >= 15 is 0 Å². The van der Waals surface area contributed by atoms with Gasteiger partial charge in [-0.3, -0.25) is 4.98 Å². The van der Waals surface area contributed by atoms with Gasteiger partial charge in [0.1, 0.15) is 5.92 Å². The predicted octanol–water partition coefficient (Wildman–Crippen LogP) is 4.04. The van der Waals surface area contributed by atoms with Crippen molar-refractivity contribution in [1.82, 2.24) is 4.98 Å². The number of benzene rings is 1. The SMILES string of the molecule is N#C[C@H](c1ccccc1)c1ncc(Cl)cc1Cl. The van der Waals surface area contributed by atoms with Gasteiger partial charge in [0.25, 0.3) is 0 Å². The second-order valence-corrected chi connectivity index (χ2v) is 4.34. The molecule has 1 atom stereocenters. The Hall–Kier alpha value is -1.56. The Morgan fingerprint density at radius 1 is 1.18 bits per heavy atom. The molecule has 0 amide bonds. The molecule has 1 aromatic carbocycles. The summed E-state index contributed by atoms with van der Waals surface area (Å²) in [6.07, 6.45) is 1.50. The van der Waals surface area contributed by atoms with Crippen molar-refractivity contribution in [3.8, 4) is 6.07 Å². The maximum atomic E-state index is 9.25. The zero-order chi connectivity index (χ0) is 12.3. The molecular formula is C13H8Cl2N2. The van der Waals surface area contributed by atoms with E-state index in [-0.39, 0.29) is 0 Å². The Labute approximate surface area is 109 Å². The smallest absolute Gasteiger partial charge is 0.115 e. The summed E-state index contributed by atoms with van der Waals surface area (Å²) in [5.74, 6) is -0.471. The van der Waals surface area contributed by atoms with E-state index in [0.29, 0.717) is 15.7 Å². The van der Waals surface area contributed by atoms with Crippen LogP contribution in [0.5, 0.6) is 0 Å². The lowest BCUT2D eigenvalue weighted by atomic mass is 9.97. The van der Waals surface area contributed by atoms with E-state index in [2.05, 4.69) is 11.1 Å². The Bertz CT molecular complexity index is 561. The minimum atomic E-state index is -0.471. The number of rotatable bonds is 2. The highest BCUT2D eigenvalue weighted by Crippen LogP contribution is 2.29. The van der Waals surface area contributed by atoms with Crippen molar-refractivity contribution in [3.05, 3.63) is 63.9 Å². The highest BCUT2D eigenvalue weighted by molar-refractivity contribution is 6.34. The summed E-state index contributed by atoms with van der Waals surface area (Å²) in [6, 6.07) is 13.2. The monoisotopic (exact) mass is 262 g/mol. The Morgan fingerprint density at radius 2 is 1.88 bits per heavy atom. The Kier molecular flexibility index (Phi) is 3.63. The van der Waals surface area contributed by atoms with Crippen LogP contribution in [0.1, 0.15) is 17.2 Å². The molecule has 0 spiro atoms. The van der Waals surface area contributed by atoms with Gasteiger partial charge in [-0.05, 0) is 11.6 Å². The fourth-order valence-electron chi connectivity index (χ4n) is 1.58. The fourth-order valence-corrected chi connectivity index (χ4v) is 2.07. The van der Waals surface area contributed by atoms with Crippen LogP contribution in [0.2, 0.25) is 10.0 Å². The Balaban J connectivity index is 2.47. The summed E-state index contributed by atoms with van der Waals surface area (Å²) >= 11 is 11.8. The van der Waals surface area contributed by atoms with E-state index in [0.717, 1.165) is 5.56 Å². The van der Waals surface area contributed by atoms with Gasteiger partial charge in [0.2, 0.25) is 0 Å². The zero-order valence-electron chi connectivity index (χ0n) is 8.77. The van der Waals surface area contributed by atoms with Crippen molar-refractivity contribution in [2.45, 2.75) is 5.92 Å². The van der Waals surface area contributed by atoms with Crippen LogP contribution < -0.4 is 0 Å². The van der Waals surface area contributed by atoms with E-state index < -0.39 is 5.92 Å². The van der Waals surface area contributed by atoms with Crippen LogP contribution in [0, 0.1) is 11.3 Å². The first-order valence-electron chi connectivity index (χ1n) is 4.98. The quantitative estimate of drug-likeness (QED) is 0.819. The molecule has 0 saturated heterocycles. The molecule has 2 aromatic rings. The van der Waals surface area contributed by atoms with Crippen molar-refractivity contribution in [2.24, 2.45) is 0 Å². The molecule has 0 fully saturated rings. The molecule has 0 aliphatic carbocycles. The third-order valence-electron chi connectivity index (χ3n) is 2.37. The molecule has 0 bridgehead atoms. The summed E-state index contributed by atoms with van der Waals surface area (Å²) in [7, 11) is 0. The topological polar surface area (TPSA) is 36.7 Å². The van der Waals surface area contributed by atoms with Gasteiger partial charge in [0.05, 0.1) is 21.8 Å². The van der Waals surface area contributed by atoms with Gasteiger partial charge in [-0.15, -0.1) is 0 Å². The second kappa shape index (κ2) is 5.18. The molecule has 2 nitrogen and oxygen atoms in total. The molecule has 17 heavy (non-hydrogen) atoms. The predicted molar refractivity (Wildman–Crippen MR) is 68.2 cm³/mol. The number of pyridine rings is 1. The fraction of sp³-hybridized carbons (Fsp3) is 0.0769. The van der Waals surface area contributed by atoms with Crippen LogP contribution in [0.25, 0.3) is 0 Å². The number of nitrogens with zero attached hydrogens (tertiary/aromatic N) is 2. The third-order valence-corrected chi connectivity index (χ3v) is 2.88. The normalized spacial score (nSPS) is 11.8. The summed E-state index contributed by atoms with van der Waals surface area (Å²) in [4.78, 5) is 4.14. The standard InChI is InChI=1S/C13H8Cl2N2/c14-10-6-12(15)13(17-8-10)11(7-16)9-4-2-1-3-5-9/h1-6,8,11H/t11-/m1/s1. The maximum absolute atomic E-state index is 9.25. The number of hydrogen-bond acceptors (Lipinski definition) is 2. The number of aromatic nitrogens is 1. The molecule has 1 heterocycles.